The number of carbonyl (C=O) groups is 1. The number of hydrogen-bond acceptors (Lipinski definition) is 6. The van der Waals surface area contributed by atoms with Gasteiger partial charge in [0.05, 0.1) is 25.3 Å². The zero-order valence-corrected chi connectivity index (χ0v) is 17.7. The Morgan fingerprint density at radius 2 is 1.97 bits per heavy atom. The lowest BCUT2D eigenvalue weighted by molar-refractivity contribution is 0.0446. The fraction of sp³-hybridized carbons (Fsp3) is 0.348. The van der Waals surface area contributed by atoms with Gasteiger partial charge in [-0.3, -0.25) is 0 Å². The van der Waals surface area contributed by atoms with E-state index in [9.17, 15) is 4.79 Å². The number of benzene rings is 2. The standard InChI is InChI=1S/C23H26N4O4/c1-16-7-9-17(10-8-16)13-24-23(28)27-14-18(15-27)30-20-6-4-3-5-19(20)22-25-21(26-31-22)11-12-29-2/h3-10,18H,11-15H2,1-2H3,(H,24,28). The molecule has 0 atom stereocenters. The molecule has 1 aliphatic rings. The third-order valence-corrected chi connectivity index (χ3v) is 5.11. The molecule has 2 amide bonds. The molecular formula is C23H26N4O4. The molecule has 0 saturated carbocycles. The van der Waals surface area contributed by atoms with Crippen LogP contribution in [-0.2, 0) is 17.7 Å². The van der Waals surface area contributed by atoms with Crippen LogP contribution in [0.3, 0.4) is 0 Å². The summed E-state index contributed by atoms with van der Waals surface area (Å²) < 4.78 is 16.6. The number of hydrogen-bond donors (Lipinski definition) is 1. The van der Waals surface area contributed by atoms with Gasteiger partial charge in [-0.05, 0) is 24.6 Å². The van der Waals surface area contributed by atoms with Gasteiger partial charge in [0.1, 0.15) is 11.9 Å². The number of amides is 2. The summed E-state index contributed by atoms with van der Waals surface area (Å²) in [6.07, 6.45) is 0.500. The molecule has 8 heteroatoms. The molecule has 2 heterocycles. The number of carbonyl (C=O) groups excluding carboxylic acids is 1. The van der Waals surface area contributed by atoms with E-state index in [-0.39, 0.29) is 12.1 Å². The zero-order valence-electron chi connectivity index (χ0n) is 17.7. The van der Waals surface area contributed by atoms with Crippen LogP contribution in [0, 0.1) is 6.92 Å². The minimum absolute atomic E-state index is 0.0813. The Labute approximate surface area is 181 Å². The largest absolute Gasteiger partial charge is 0.486 e. The van der Waals surface area contributed by atoms with Gasteiger partial charge in [0.2, 0.25) is 0 Å². The third kappa shape index (κ3) is 5.21. The van der Waals surface area contributed by atoms with E-state index >= 15 is 0 Å². The van der Waals surface area contributed by atoms with E-state index in [2.05, 4.69) is 15.5 Å². The van der Waals surface area contributed by atoms with E-state index in [1.54, 1.807) is 12.0 Å². The molecule has 0 unspecified atom stereocenters. The number of nitrogens with one attached hydrogen (secondary N) is 1. The first-order chi connectivity index (χ1) is 15.1. The van der Waals surface area contributed by atoms with Gasteiger partial charge >= 0.3 is 6.03 Å². The molecule has 1 N–H and O–H groups in total. The molecule has 1 fully saturated rings. The molecule has 2 aromatic carbocycles. The van der Waals surface area contributed by atoms with Crippen molar-refractivity contribution in [2.75, 3.05) is 26.8 Å². The summed E-state index contributed by atoms with van der Waals surface area (Å²) in [6, 6.07) is 15.6. The number of aryl methyl sites for hydroxylation is 1. The van der Waals surface area contributed by atoms with Crippen LogP contribution in [-0.4, -0.2) is 54.0 Å². The molecule has 31 heavy (non-hydrogen) atoms. The Hall–Kier alpha value is -3.39. The van der Waals surface area contributed by atoms with Crippen molar-refractivity contribution < 1.29 is 18.8 Å². The summed E-state index contributed by atoms with van der Waals surface area (Å²) in [7, 11) is 1.63. The smallest absolute Gasteiger partial charge is 0.317 e. The second kappa shape index (κ2) is 9.61. The fourth-order valence-electron chi connectivity index (χ4n) is 3.26. The second-order valence-corrected chi connectivity index (χ2v) is 7.54. The monoisotopic (exact) mass is 422 g/mol. The van der Waals surface area contributed by atoms with E-state index < -0.39 is 0 Å². The first-order valence-electron chi connectivity index (χ1n) is 10.3. The minimum Gasteiger partial charge on any atom is -0.486 e. The number of urea groups is 1. The Kier molecular flexibility index (Phi) is 6.47. The van der Waals surface area contributed by atoms with Crippen molar-refractivity contribution in [2.45, 2.75) is 26.0 Å². The lowest BCUT2D eigenvalue weighted by Gasteiger charge is -2.39. The van der Waals surface area contributed by atoms with Crippen molar-refractivity contribution in [3.05, 3.63) is 65.5 Å². The van der Waals surface area contributed by atoms with Gasteiger partial charge in [-0.15, -0.1) is 0 Å². The maximum absolute atomic E-state index is 12.4. The molecule has 162 valence electrons. The highest BCUT2D eigenvalue weighted by molar-refractivity contribution is 5.75. The molecule has 8 nitrogen and oxygen atoms in total. The van der Waals surface area contributed by atoms with Crippen LogP contribution < -0.4 is 10.1 Å². The first kappa shape index (κ1) is 20.9. The molecule has 3 aromatic rings. The number of para-hydroxylation sites is 1. The van der Waals surface area contributed by atoms with Crippen molar-refractivity contribution in [3.8, 4) is 17.2 Å². The average Bonchev–Trinajstić information content (AvgIpc) is 3.23. The van der Waals surface area contributed by atoms with Gasteiger partial charge < -0.3 is 24.2 Å². The summed E-state index contributed by atoms with van der Waals surface area (Å²) in [5.74, 6) is 1.66. The minimum atomic E-state index is -0.0894. The fourth-order valence-corrected chi connectivity index (χ4v) is 3.26. The molecule has 0 radical (unpaired) electrons. The highest BCUT2D eigenvalue weighted by Gasteiger charge is 2.33. The van der Waals surface area contributed by atoms with Gasteiger partial charge in [0, 0.05) is 20.1 Å². The summed E-state index contributed by atoms with van der Waals surface area (Å²) >= 11 is 0. The highest BCUT2D eigenvalue weighted by atomic mass is 16.5. The normalized spacial score (nSPS) is 13.7. The number of aromatic nitrogens is 2. The molecule has 1 saturated heterocycles. The van der Waals surface area contributed by atoms with Crippen LogP contribution in [0.5, 0.6) is 5.75 Å². The van der Waals surface area contributed by atoms with Crippen LogP contribution in [0.4, 0.5) is 4.79 Å². The molecular weight excluding hydrogens is 396 g/mol. The van der Waals surface area contributed by atoms with Crippen molar-refractivity contribution in [1.82, 2.24) is 20.4 Å². The topological polar surface area (TPSA) is 89.7 Å². The molecule has 1 aromatic heterocycles. The molecule has 0 spiro atoms. The summed E-state index contributed by atoms with van der Waals surface area (Å²) in [5, 5.41) is 6.94. The Morgan fingerprint density at radius 1 is 1.19 bits per heavy atom. The number of ether oxygens (including phenoxy) is 2. The van der Waals surface area contributed by atoms with E-state index in [0.29, 0.717) is 50.1 Å². The summed E-state index contributed by atoms with van der Waals surface area (Å²) in [4.78, 5) is 18.5. The van der Waals surface area contributed by atoms with Crippen LogP contribution in [0.1, 0.15) is 17.0 Å². The van der Waals surface area contributed by atoms with Crippen LogP contribution in [0.25, 0.3) is 11.5 Å². The van der Waals surface area contributed by atoms with Crippen molar-refractivity contribution >= 4 is 6.03 Å². The summed E-state index contributed by atoms with van der Waals surface area (Å²) in [5.41, 5.74) is 3.01. The van der Waals surface area contributed by atoms with Crippen LogP contribution in [0.2, 0.25) is 0 Å². The number of likely N-dealkylation sites (tertiary alicyclic amines) is 1. The van der Waals surface area contributed by atoms with Gasteiger partial charge in [0.15, 0.2) is 5.82 Å². The molecule has 1 aliphatic heterocycles. The van der Waals surface area contributed by atoms with E-state index in [1.807, 2.05) is 55.5 Å². The van der Waals surface area contributed by atoms with E-state index in [4.69, 9.17) is 14.0 Å². The Morgan fingerprint density at radius 3 is 2.74 bits per heavy atom. The molecule has 4 rings (SSSR count). The number of rotatable bonds is 8. The van der Waals surface area contributed by atoms with Gasteiger partial charge in [0.25, 0.3) is 5.89 Å². The summed E-state index contributed by atoms with van der Waals surface area (Å²) in [6.45, 7) is 4.13. The lowest BCUT2D eigenvalue weighted by atomic mass is 10.1. The van der Waals surface area contributed by atoms with Gasteiger partial charge in [-0.2, -0.15) is 4.98 Å². The van der Waals surface area contributed by atoms with Crippen molar-refractivity contribution in [1.29, 1.82) is 0 Å². The zero-order chi connectivity index (χ0) is 21.6. The Bertz CT molecular complexity index is 1010. The van der Waals surface area contributed by atoms with Crippen molar-refractivity contribution in [3.63, 3.8) is 0 Å². The predicted octanol–water partition coefficient (Wildman–Crippen LogP) is 3.21. The SMILES string of the molecule is COCCc1noc(-c2ccccc2OC2CN(C(=O)NCc3ccc(C)cc3)C2)n1. The maximum atomic E-state index is 12.4. The van der Waals surface area contributed by atoms with E-state index in [0.717, 1.165) is 11.1 Å². The van der Waals surface area contributed by atoms with Crippen molar-refractivity contribution in [2.24, 2.45) is 0 Å². The number of nitrogens with zero attached hydrogens (tertiary/aromatic N) is 3. The number of methoxy groups -OCH3 is 1. The van der Waals surface area contributed by atoms with Gasteiger partial charge in [-0.25, -0.2) is 4.79 Å². The van der Waals surface area contributed by atoms with Crippen LogP contribution >= 0.6 is 0 Å². The predicted molar refractivity (Wildman–Crippen MR) is 115 cm³/mol. The molecule has 0 bridgehead atoms. The quantitative estimate of drug-likeness (QED) is 0.600. The van der Waals surface area contributed by atoms with Gasteiger partial charge in [-0.1, -0.05) is 47.1 Å². The lowest BCUT2D eigenvalue weighted by Crippen LogP contribution is -2.58. The van der Waals surface area contributed by atoms with E-state index in [1.165, 1.54) is 5.56 Å². The maximum Gasteiger partial charge on any atom is 0.317 e. The third-order valence-electron chi connectivity index (χ3n) is 5.11. The molecule has 0 aliphatic carbocycles. The average molecular weight is 422 g/mol. The highest BCUT2D eigenvalue weighted by Crippen LogP contribution is 2.30. The first-order valence-corrected chi connectivity index (χ1v) is 10.3. The van der Waals surface area contributed by atoms with Crippen LogP contribution in [0.15, 0.2) is 53.1 Å². The Balaban J connectivity index is 1.30. The second-order valence-electron chi connectivity index (χ2n) is 7.54.